The second-order valence-corrected chi connectivity index (χ2v) is 17.4. The van der Waals surface area contributed by atoms with Gasteiger partial charge in [0.15, 0.2) is 5.82 Å². The third-order valence-electron chi connectivity index (χ3n) is 13.3. The molecule has 0 amide bonds. The maximum absolute atomic E-state index is 5.56. The first-order valence-corrected chi connectivity index (χ1v) is 23.2. The molecule has 0 aliphatic carbocycles. The Labute approximate surface area is 396 Å². The number of hydrogen-bond donors (Lipinski definition) is 0. The summed E-state index contributed by atoms with van der Waals surface area (Å²) < 4.78 is 2.37. The first-order chi connectivity index (χ1) is 33.6. The predicted molar refractivity (Wildman–Crippen MR) is 288 cm³/mol. The number of allylic oxidation sites excluding steroid dienone is 2. The summed E-state index contributed by atoms with van der Waals surface area (Å²) in [5, 5.41) is 8.65. The molecule has 0 spiro atoms. The standard InChI is InChI=1S/C65H45N3/c1-3-4-31-63-43(2)54-26-18-19-32-64(54)68(63)53-39-50(47-33-34-59-57-29-15-14-27-55(57)56-28-16-17-30-58(56)60(59)41-47)38-52(40-53)65-66-61(46-24-12-7-13-25-46)42-62(67-65)51-36-48(44-20-8-5-9-21-44)35-49(37-51)45-22-10-6-11-23-45/h3-42H,1H2,2H3/b31-4-. The summed E-state index contributed by atoms with van der Waals surface area (Å²) in [6, 6.07) is 80.6. The van der Waals surface area contributed by atoms with Crippen LogP contribution in [0.15, 0.2) is 243 Å². The second kappa shape index (κ2) is 17.1. The largest absolute Gasteiger partial charge is 0.310 e. The van der Waals surface area contributed by atoms with Crippen molar-refractivity contribution in [1.29, 1.82) is 0 Å². The molecule has 0 fully saturated rings. The van der Waals surface area contributed by atoms with Crippen molar-refractivity contribution < 1.29 is 0 Å². The van der Waals surface area contributed by atoms with Crippen molar-refractivity contribution in [2.45, 2.75) is 6.92 Å². The van der Waals surface area contributed by atoms with Crippen LogP contribution in [0.25, 0.3) is 122 Å². The molecule has 3 nitrogen and oxygen atoms in total. The minimum absolute atomic E-state index is 0.643. The van der Waals surface area contributed by atoms with E-state index in [1.165, 1.54) is 43.3 Å². The quantitative estimate of drug-likeness (QED) is 0.107. The maximum atomic E-state index is 5.56. The Morgan fingerprint density at radius 2 is 0.824 bits per heavy atom. The number of hydrogen-bond acceptors (Lipinski definition) is 2. The molecule has 12 aromatic rings. The predicted octanol–water partition coefficient (Wildman–Crippen LogP) is 17.4. The first-order valence-electron chi connectivity index (χ1n) is 23.2. The van der Waals surface area contributed by atoms with Crippen molar-refractivity contribution in [3.05, 3.63) is 254 Å². The van der Waals surface area contributed by atoms with E-state index < -0.39 is 0 Å². The highest BCUT2D eigenvalue weighted by Gasteiger charge is 2.19. The lowest BCUT2D eigenvalue weighted by Gasteiger charge is -2.17. The monoisotopic (exact) mass is 867 g/mol. The lowest BCUT2D eigenvalue weighted by atomic mass is 9.91. The molecule has 0 N–H and O–H groups in total. The normalized spacial score (nSPS) is 11.6. The van der Waals surface area contributed by atoms with Gasteiger partial charge in [0.25, 0.3) is 0 Å². The molecule has 0 unspecified atom stereocenters. The molecule has 2 aromatic heterocycles. The van der Waals surface area contributed by atoms with Crippen LogP contribution < -0.4 is 0 Å². The highest BCUT2D eigenvalue weighted by Crippen LogP contribution is 2.41. The van der Waals surface area contributed by atoms with E-state index in [0.717, 1.165) is 78.4 Å². The van der Waals surface area contributed by atoms with Gasteiger partial charge in [-0.15, -0.1) is 0 Å². The summed E-state index contributed by atoms with van der Waals surface area (Å²) in [6.07, 6.45) is 6.02. The van der Waals surface area contributed by atoms with Gasteiger partial charge in [-0.2, -0.15) is 0 Å². The van der Waals surface area contributed by atoms with Crippen LogP contribution in [-0.4, -0.2) is 14.5 Å². The van der Waals surface area contributed by atoms with E-state index in [1.54, 1.807) is 0 Å². The number of fused-ring (bicyclic) bond motifs is 7. The number of rotatable bonds is 9. The molecule has 320 valence electrons. The van der Waals surface area contributed by atoms with Crippen molar-refractivity contribution in [2.75, 3.05) is 0 Å². The summed E-state index contributed by atoms with van der Waals surface area (Å²) in [5.74, 6) is 0.643. The van der Waals surface area contributed by atoms with Crippen molar-refractivity contribution in [3.63, 3.8) is 0 Å². The van der Waals surface area contributed by atoms with Gasteiger partial charge in [0, 0.05) is 33.5 Å². The molecule has 10 aromatic carbocycles. The number of benzene rings is 10. The van der Waals surface area contributed by atoms with Crippen molar-refractivity contribution in [3.8, 4) is 73.0 Å². The molecule has 0 radical (unpaired) electrons. The molecule has 2 heterocycles. The average Bonchev–Trinajstić information content (AvgIpc) is 3.70. The molecule has 0 atom stereocenters. The minimum Gasteiger partial charge on any atom is -0.310 e. The van der Waals surface area contributed by atoms with Gasteiger partial charge in [-0.05, 0) is 139 Å². The molecule has 12 rings (SSSR count). The molecule has 0 bridgehead atoms. The van der Waals surface area contributed by atoms with Crippen LogP contribution in [0.4, 0.5) is 0 Å². The third-order valence-corrected chi connectivity index (χ3v) is 13.3. The van der Waals surface area contributed by atoms with E-state index in [1.807, 2.05) is 12.2 Å². The van der Waals surface area contributed by atoms with E-state index in [9.17, 15) is 0 Å². The molecule has 0 aliphatic rings. The lowest BCUT2D eigenvalue weighted by molar-refractivity contribution is 1.09. The lowest BCUT2D eigenvalue weighted by Crippen LogP contribution is -2.01. The number of aryl methyl sites for hydroxylation is 1. The van der Waals surface area contributed by atoms with Gasteiger partial charge in [-0.1, -0.05) is 189 Å². The van der Waals surface area contributed by atoms with Crippen LogP contribution in [0.5, 0.6) is 0 Å². The molecule has 3 heteroatoms. The first kappa shape index (κ1) is 40.6. The number of aromatic nitrogens is 3. The number of nitrogens with zero attached hydrogens (tertiary/aromatic N) is 3. The summed E-state index contributed by atoms with van der Waals surface area (Å²) in [5.41, 5.74) is 15.8. The van der Waals surface area contributed by atoms with Gasteiger partial charge in [0.2, 0.25) is 0 Å². The van der Waals surface area contributed by atoms with Gasteiger partial charge < -0.3 is 4.57 Å². The fourth-order valence-corrected chi connectivity index (χ4v) is 10.0. The summed E-state index contributed by atoms with van der Waals surface area (Å²) >= 11 is 0. The highest BCUT2D eigenvalue weighted by molar-refractivity contribution is 6.25. The minimum atomic E-state index is 0.643. The van der Waals surface area contributed by atoms with E-state index in [-0.39, 0.29) is 0 Å². The fourth-order valence-electron chi connectivity index (χ4n) is 10.0. The Morgan fingerprint density at radius 3 is 1.43 bits per heavy atom. The van der Waals surface area contributed by atoms with Crippen molar-refractivity contribution >= 4 is 49.3 Å². The Bertz CT molecular complexity index is 3830. The van der Waals surface area contributed by atoms with Crippen LogP contribution >= 0.6 is 0 Å². The zero-order chi connectivity index (χ0) is 45.6. The SMILES string of the molecule is C=C/C=C\c1c(C)c2ccccc2n1-c1cc(-c2ccc3c4ccccc4c4ccccc4c3c2)cc(-c2nc(-c3ccccc3)cc(-c3cc(-c4ccccc4)cc(-c4ccccc4)c3)n2)c1. The summed E-state index contributed by atoms with van der Waals surface area (Å²) in [7, 11) is 0. The molecule has 68 heavy (non-hydrogen) atoms. The summed E-state index contributed by atoms with van der Waals surface area (Å²) in [6.45, 7) is 6.24. The van der Waals surface area contributed by atoms with Gasteiger partial charge in [-0.25, -0.2) is 9.97 Å². The van der Waals surface area contributed by atoms with E-state index in [2.05, 4.69) is 249 Å². The second-order valence-electron chi connectivity index (χ2n) is 17.4. The fraction of sp³-hybridized carbons (Fsp3) is 0.0154. The smallest absolute Gasteiger partial charge is 0.160 e. The van der Waals surface area contributed by atoms with Gasteiger partial charge >= 0.3 is 0 Å². The van der Waals surface area contributed by atoms with E-state index >= 15 is 0 Å². The van der Waals surface area contributed by atoms with Crippen molar-refractivity contribution in [2.24, 2.45) is 0 Å². The zero-order valence-corrected chi connectivity index (χ0v) is 37.6. The average molecular weight is 868 g/mol. The Hall–Kier alpha value is -8.92. The van der Waals surface area contributed by atoms with Crippen LogP contribution in [0.1, 0.15) is 11.3 Å². The third kappa shape index (κ3) is 7.28. The van der Waals surface area contributed by atoms with Gasteiger partial charge in [-0.3, -0.25) is 0 Å². The van der Waals surface area contributed by atoms with Gasteiger partial charge in [0.1, 0.15) is 0 Å². The van der Waals surface area contributed by atoms with E-state index in [0.29, 0.717) is 5.82 Å². The Balaban J connectivity index is 1.14. The van der Waals surface area contributed by atoms with Crippen LogP contribution in [0, 0.1) is 6.92 Å². The van der Waals surface area contributed by atoms with E-state index in [4.69, 9.17) is 9.97 Å². The maximum Gasteiger partial charge on any atom is 0.160 e. The van der Waals surface area contributed by atoms with Crippen LogP contribution in [0.3, 0.4) is 0 Å². The summed E-state index contributed by atoms with van der Waals surface area (Å²) in [4.78, 5) is 11.0. The Kier molecular flexibility index (Phi) is 10.2. The zero-order valence-electron chi connectivity index (χ0n) is 37.6. The molecule has 0 aliphatic heterocycles. The van der Waals surface area contributed by atoms with Gasteiger partial charge in [0.05, 0.1) is 16.9 Å². The number of para-hydroxylation sites is 1. The topological polar surface area (TPSA) is 30.7 Å². The molecule has 0 saturated heterocycles. The molecular formula is C65H45N3. The van der Waals surface area contributed by atoms with Crippen LogP contribution in [-0.2, 0) is 0 Å². The Morgan fingerprint density at radius 1 is 0.368 bits per heavy atom. The van der Waals surface area contributed by atoms with Crippen molar-refractivity contribution in [1.82, 2.24) is 14.5 Å². The molecule has 0 saturated carbocycles. The molecular weight excluding hydrogens is 823 g/mol. The highest BCUT2D eigenvalue weighted by atomic mass is 15.0. The van der Waals surface area contributed by atoms with Crippen LogP contribution in [0.2, 0.25) is 0 Å².